The second-order valence-corrected chi connectivity index (χ2v) is 9.38. The summed E-state index contributed by atoms with van der Waals surface area (Å²) in [7, 11) is 0.500. The summed E-state index contributed by atoms with van der Waals surface area (Å²) in [5.74, 6) is -1.63. The summed E-state index contributed by atoms with van der Waals surface area (Å²) in [4.78, 5) is 24.4. The van der Waals surface area contributed by atoms with Gasteiger partial charge in [0.2, 0.25) is 0 Å². The quantitative estimate of drug-likeness (QED) is 0.226. The molecule has 0 aromatic heterocycles. The van der Waals surface area contributed by atoms with Crippen molar-refractivity contribution in [1.82, 2.24) is 0 Å². The van der Waals surface area contributed by atoms with E-state index in [1.165, 1.54) is 12.1 Å². The number of nitrogens with one attached hydrogen (secondary N) is 1. The van der Waals surface area contributed by atoms with Crippen molar-refractivity contribution < 1.29 is 33.3 Å². The third kappa shape index (κ3) is 10.6. The maximum atomic E-state index is 13.7. The number of fused-ring (bicyclic) bond motifs is 1. The molecule has 0 bridgehead atoms. The standard InChI is InChI=1S/C22H24FNO5.C7H12.C2H6.CH3F/c1-4-22(28,12-21(2,3)17-10-14(23)5-8-18(17)25)20(27)24-15-6-7-16-13(9-15)11-29-19(16)26;1-3-5-7-6-4-2;2*1-2/h5-10,25,28H,4,11-12H2,1-3H3,(H,24,27);3-6H,7H2,1-2H3;1-2H3;1H3/b;5-3-,6-4-;;. The third-order valence-corrected chi connectivity index (χ3v) is 6.12. The van der Waals surface area contributed by atoms with E-state index in [0.717, 1.165) is 12.5 Å². The Bertz CT molecular complexity index is 1130. The zero-order chi connectivity index (χ0) is 30.9. The van der Waals surface area contributed by atoms with Crippen LogP contribution in [0.15, 0.2) is 60.7 Å². The Kier molecular flexibility index (Phi) is 16.4. The molecule has 0 aliphatic carbocycles. The molecule has 0 saturated carbocycles. The number of hydrogen-bond acceptors (Lipinski definition) is 5. The Labute approximate surface area is 237 Å². The Morgan fingerprint density at radius 2 is 1.68 bits per heavy atom. The fourth-order valence-corrected chi connectivity index (χ4v) is 4.05. The van der Waals surface area contributed by atoms with E-state index in [1.54, 1.807) is 39.0 Å². The van der Waals surface area contributed by atoms with Crippen LogP contribution in [0.3, 0.4) is 0 Å². The molecule has 0 fully saturated rings. The van der Waals surface area contributed by atoms with Crippen LogP contribution in [0.1, 0.15) is 89.2 Å². The normalized spacial score (nSPS) is 13.5. The number of aliphatic hydroxyl groups is 1. The molecule has 0 spiro atoms. The van der Waals surface area contributed by atoms with E-state index in [0.29, 0.717) is 29.6 Å². The molecule has 2 aromatic rings. The number of benzene rings is 2. The molecule has 0 radical (unpaired) electrons. The number of amides is 1. The summed E-state index contributed by atoms with van der Waals surface area (Å²) in [6.07, 6.45) is 9.52. The Hall–Kier alpha value is -3.52. The van der Waals surface area contributed by atoms with E-state index in [-0.39, 0.29) is 25.2 Å². The van der Waals surface area contributed by atoms with Gasteiger partial charge in [-0.05, 0) is 74.9 Å². The zero-order valence-electron chi connectivity index (χ0n) is 25.0. The first kappa shape index (κ1) is 36.5. The smallest absolute Gasteiger partial charge is 0.338 e. The molecule has 222 valence electrons. The number of halogens is 2. The number of anilines is 1. The zero-order valence-corrected chi connectivity index (χ0v) is 25.0. The average Bonchev–Trinajstić information content (AvgIpc) is 3.32. The van der Waals surface area contributed by atoms with Gasteiger partial charge < -0.3 is 20.3 Å². The van der Waals surface area contributed by atoms with Gasteiger partial charge in [0.05, 0.1) is 12.7 Å². The highest BCUT2D eigenvalue weighted by molar-refractivity contribution is 5.99. The number of alkyl halides is 1. The second kappa shape index (κ2) is 17.9. The van der Waals surface area contributed by atoms with Gasteiger partial charge in [-0.3, -0.25) is 9.18 Å². The van der Waals surface area contributed by atoms with Crippen LogP contribution in [0, 0.1) is 5.82 Å². The first-order valence-corrected chi connectivity index (χ1v) is 13.4. The topological polar surface area (TPSA) is 95.9 Å². The van der Waals surface area contributed by atoms with Gasteiger partial charge in [0.15, 0.2) is 0 Å². The molecule has 1 aliphatic rings. The van der Waals surface area contributed by atoms with Crippen LogP contribution in [0.4, 0.5) is 14.5 Å². The number of rotatable bonds is 8. The lowest BCUT2D eigenvalue weighted by atomic mass is 9.73. The highest BCUT2D eigenvalue weighted by Crippen LogP contribution is 2.39. The summed E-state index contributed by atoms with van der Waals surface area (Å²) in [6, 6.07) is 8.39. The minimum atomic E-state index is -1.76. The summed E-state index contributed by atoms with van der Waals surface area (Å²) in [5.41, 5.74) is -0.773. The molecule has 6 nitrogen and oxygen atoms in total. The van der Waals surface area contributed by atoms with Crippen molar-refractivity contribution in [2.24, 2.45) is 0 Å². The van der Waals surface area contributed by atoms with E-state index in [9.17, 15) is 28.6 Å². The molecule has 1 unspecified atom stereocenters. The van der Waals surface area contributed by atoms with Crippen LogP contribution >= 0.6 is 0 Å². The molecule has 1 heterocycles. The van der Waals surface area contributed by atoms with Crippen molar-refractivity contribution in [2.75, 3.05) is 12.5 Å². The van der Waals surface area contributed by atoms with Crippen LogP contribution in [-0.2, 0) is 21.6 Å². The maximum Gasteiger partial charge on any atom is 0.338 e. The van der Waals surface area contributed by atoms with Crippen LogP contribution in [-0.4, -0.2) is 34.9 Å². The number of cyclic esters (lactones) is 1. The SMILES string of the molecule is C/C=C\C/C=C\C.CC.CCC(O)(CC(C)(C)c1cc(F)ccc1O)C(=O)Nc1ccc2c(c1)COC2=O.CF. The summed E-state index contributed by atoms with van der Waals surface area (Å²) >= 11 is 0. The fraction of sp³-hybridized carbons (Fsp3) is 0.438. The number of aromatic hydroxyl groups is 1. The number of carbonyl (C=O) groups is 2. The van der Waals surface area contributed by atoms with Crippen LogP contribution < -0.4 is 5.32 Å². The number of carbonyl (C=O) groups excluding carboxylic acids is 2. The largest absolute Gasteiger partial charge is 0.508 e. The van der Waals surface area contributed by atoms with Gasteiger partial charge in [-0.25, -0.2) is 9.18 Å². The Balaban J connectivity index is 0.00000119. The first-order valence-electron chi connectivity index (χ1n) is 13.4. The number of ether oxygens (including phenoxy) is 1. The summed E-state index contributed by atoms with van der Waals surface area (Å²) in [5, 5.41) is 23.9. The van der Waals surface area contributed by atoms with Crippen molar-refractivity contribution in [3.63, 3.8) is 0 Å². The predicted molar refractivity (Wildman–Crippen MR) is 158 cm³/mol. The Morgan fingerprint density at radius 1 is 1.07 bits per heavy atom. The molecule has 1 atom stereocenters. The van der Waals surface area contributed by atoms with Crippen LogP contribution in [0.5, 0.6) is 5.75 Å². The number of hydrogen-bond donors (Lipinski definition) is 3. The van der Waals surface area contributed by atoms with Crippen molar-refractivity contribution in [3.8, 4) is 5.75 Å². The highest BCUT2D eigenvalue weighted by Gasteiger charge is 2.41. The summed E-state index contributed by atoms with van der Waals surface area (Å²) < 4.78 is 28.1. The molecule has 1 amide bonds. The molecular formula is C32H45F2NO5. The van der Waals surface area contributed by atoms with E-state index < -0.39 is 28.7 Å². The van der Waals surface area contributed by atoms with Gasteiger partial charge in [-0.1, -0.05) is 58.9 Å². The van der Waals surface area contributed by atoms with E-state index in [4.69, 9.17) is 4.74 Å². The van der Waals surface area contributed by atoms with Crippen LogP contribution in [0.2, 0.25) is 0 Å². The lowest BCUT2D eigenvalue weighted by Crippen LogP contribution is -2.46. The lowest BCUT2D eigenvalue weighted by Gasteiger charge is -2.35. The van der Waals surface area contributed by atoms with Gasteiger partial charge in [0.25, 0.3) is 5.91 Å². The molecule has 0 saturated heterocycles. The Morgan fingerprint density at radius 3 is 2.23 bits per heavy atom. The van der Waals surface area contributed by atoms with Gasteiger partial charge >= 0.3 is 5.97 Å². The molecule has 1 aliphatic heterocycles. The van der Waals surface area contributed by atoms with Crippen molar-refractivity contribution in [3.05, 3.63) is 83.2 Å². The van der Waals surface area contributed by atoms with Crippen molar-refractivity contribution in [1.29, 1.82) is 0 Å². The van der Waals surface area contributed by atoms with Crippen LogP contribution in [0.25, 0.3) is 0 Å². The van der Waals surface area contributed by atoms with E-state index >= 15 is 0 Å². The molecule has 40 heavy (non-hydrogen) atoms. The monoisotopic (exact) mass is 561 g/mol. The third-order valence-electron chi connectivity index (χ3n) is 6.12. The number of esters is 1. The summed E-state index contributed by atoms with van der Waals surface area (Å²) in [6.45, 7) is 13.3. The average molecular weight is 562 g/mol. The van der Waals surface area contributed by atoms with Crippen molar-refractivity contribution in [2.45, 2.75) is 85.4 Å². The van der Waals surface area contributed by atoms with Gasteiger partial charge in [-0.2, -0.15) is 0 Å². The van der Waals surface area contributed by atoms with Gasteiger partial charge in [0, 0.05) is 16.8 Å². The molecular weight excluding hydrogens is 516 g/mol. The molecule has 8 heteroatoms. The second-order valence-electron chi connectivity index (χ2n) is 9.38. The predicted octanol–water partition coefficient (Wildman–Crippen LogP) is 7.79. The highest BCUT2D eigenvalue weighted by atomic mass is 19.1. The van der Waals surface area contributed by atoms with Gasteiger partial charge in [-0.15, -0.1) is 0 Å². The van der Waals surface area contributed by atoms with Crippen molar-refractivity contribution >= 4 is 17.6 Å². The number of allylic oxidation sites excluding steroid dienone is 4. The van der Waals surface area contributed by atoms with E-state index in [1.807, 2.05) is 27.7 Å². The minimum Gasteiger partial charge on any atom is -0.508 e. The molecule has 2 aromatic carbocycles. The lowest BCUT2D eigenvalue weighted by molar-refractivity contribution is -0.136. The van der Waals surface area contributed by atoms with E-state index in [2.05, 4.69) is 29.6 Å². The molecule has 3 rings (SSSR count). The van der Waals surface area contributed by atoms with Gasteiger partial charge in [0.1, 0.15) is 23.8 Å². The molecule has 3 N–H and O–H groups in total. The fourth-order valence-electron chi connectivity index (χ4n) is 4.05. The minimum absolute atomic E-state index is 0.0358. The maximum absolute atomic E-state index is 13.7. The first-order chi connectivity index (χ1) is 19.0. The number of phenolic OH excluding ortho intramolecular Hbond substituents is 1. The number of phenols is 1.